The molecule has 0 aliphatic carbocycles. The van der Waals surface area contributed by atoms with Crippen LogP contribution in [-0.4, -0.2) is 67.4 Å². The van der Waals surface area contributed by atoms with E-state index >= 15 is 0 Å². The first-order valence-electron chi connectivity index (χ1n) is 19.9. The number of amides is 4. The largest absolute Gasteiger partial charge is 0.496 e. The molecule has 0 heterocycles. The number of Topliss-reactive ketones (excluding diaryl/α,β-unsaturated/α-hetero) is 2. The number of carbonyl (C=O) groups excluding carboxylic acids is 6. The molecule has 348 valence electrons. The Morgan fingerprint density at radius 2 is 0.955 bits per heavy atom. The number of anilines is 4. The van der Waals surface area contributed by atoms with Gasteiger partial charge in [0.2, 0.25) is 12.1 Å². The maximum Gasteiger partial charge on any atom is 0.258 e. The highest BCUT2D eigenvalue weighted by molar-refractivity contribution is 6.33. The molecular weight excluding hydrogens is 970 g/mol. The summed E-state index contributed by atoms with van der Waals surface area (Å²) in [4.78, 5) is 78.6. The summed E-state index contributed by atoms with van der Waals surface area (Å²) in [6.45, 7) is 2.31. The monoisotopic (exact) mass is 1010 g/mol. The van der Waals surface area contributed by atoms with Gasteiger partial charge in [0.25, 0.3) is 23.6 Å². The van der Waals surface area contributed by atoms with Gasteiger partial charge in [0.15, 0.2) is 11.6 Å². The van der Waals surface area contributed by atoms with Gasteiger partial charge in [0.1, 0.15) is 22.9 Å². The summed E-state index contributed by atoms with van der Waals surface area (Å²) >= 11 is 30.8. The molecule has 2 atom stereocenters. The lowest BCUT2D eigenvalue weighted by Crippen LogP contribution is -2.32. The molecule has 21 heteroatoms. The van der Waals surface area contributed by atoms with Crippen molar-refractivity contribution in [3.05, 3.63) is 129 Å². The molecule has 67 heavy (non-hydrogen) atoms. The topological polar surface area (TPSA) is 218 Å². The second-order valence-electron chi connectivity index (χ2n) is 14.3. The number of hydrogen-bond donors (Lipinski definition) is 4. The molecule has 0 aromatic heterocycles. The first-order chi connectivity index (χ1) is 32.1. The zero-order chi connectivity index (χ0) is 48.8. The van der Waals surface area contributed by atoms with E-state index in [2.05, 4.69) is 41.7 Å². The molecule has 0 saturated carbocycles. The van der Waals surface area contributed by atoms with Gasteiger partial charge in [-0.2, -0.15) is 20.5 Å². The smallest absolute Gasteiger partial charge is 0.258 e. The van der Waals surface area contributed by atoms with Crippen LogP contribution in [0.4, 0.5) is 34.1 Å². The molecule has 5 aromatic carbocycles. The predicted molar refractivity (Wildman–Crippen MR) is 260 cm³/mol. The number of benzene rings is 5. The van der Waals surface area contributed by atoms with Gasteiger partial charge in [-0.1, -0.05) is 23.2 Å². The fourth-order valence-corrected chi connectivity index (χ4v) is 7.11. The highest BCUT2D eigenvalue weighted by Gasteiger charge is 2.26. The van der Waals surface area contributed by atoms with Crippen molar-refractivity contribution in [3.8, 4) is 11.5 Å². The third-order valence-corrected chi connectivity index (χ3v) is 11.0. The van der Waals surface area contributed by atoms with E-state index in [-0.39, 0.29) is 68.0 Å². The average Bonchev–Trinajstić information content (AvgIpc) is 3.30. The zero-order valence-corrected chi connectivity index (χ0v) is 39.9. The Morgan fingerprint density at radius 3 is 1.37 bits per heavy atom. The quantitative estimate of drug-likeness (QED) is 0.0333. The Kier molecular flexibility index (Phi) is 18.8. The Morgan fingerprint density at radius 1 is 0.537 bits per heavy atom. The minimum Gasteiger partial charge on any atom is -0.496 e. The minimum atomic E-state index is -1.63. The molecule has 5 rings (SSSR count). The summed E-state index contributed by atoms with van der Waals surface area (Å²) in [5, 5.41) is 27.1. The second-order valence-corrected chi connectivity index (χ2v) is 16.0. The Bertz CT molecular complexity index is 2770. The molecule has 4 N–H and O–H groups in total. The highest BCUT2D eigenvalue weighted by Crippen LogP contribution is 2.31. The van der Waals surface area contributed by atoms with Gasteiger partial charge in [-0.3, -0.25) is 28.8 Å². The van der Waals surface area contributed by atoms with Crippen LogP contribution in [0.5, 0.6) is 11.5 Å². The SMILES string of the molecule is COc1ccc(NC(=O)c2ccc(Cl)c(N=NC(C(C)=O)C(=O)Nc3ccc(NC(=O)C(N=Nc4cc(C(=O)Nc5ccc(OC)c(CCl)c5)ccc4Cl)C(C)=O)c(CCCl)c3)c2)cc1CCl. The molecule has 2 unspecified atom stereocenters. The van der Waals surface area contributed by atoms with Crippen molar-refractivity contribution in [3.63, 3.8) is 0 Å². The summed E-state index contributed by atoms with van der Waals surface area (Å²) in [5.74, 6) is -2.47. The van der Waals surface area contributed by atoms with Crippen molar-refractivity contribution in [1.29, 1.82) is 0 Å². The number of halogens is 5. The molecular formula is C46H41Cl5N8O8. The number of alkyl halides is 3. The van der Waals surface area contributed by atoms with Crippen LogP contribution in [0.2, 0.25) is 10.0 Å². The first-order valence-corrected chi connectivity index (χ1v) is 22.3. The van der Waals surface area contributed by atoms with Crippen molar-refractivity contribution < 1.29 is 38.2 Å². The number of nitrogens with one attached hydrogen (secondary N) is 4. The molecule has 0 aliphatic heterocycles. The number of carbonyl (C=O) groups is 6. The van der Waals surface area contributed by atoms with E-state index in [1.165, 1.54) is 68.8 Å². The van der Waals surface area contributed by atoms with Crippen LogP contribution < -0.4 is 30.7 Å². The average molecular weight is 1010 g/mol. The lowest BCUT2D eigenvalue weighted by Gasteiger charge is -2.15. The fraction of sp³-hybridized carbons (Fsp3) is 0.217. The minimum absolute atomic E-state index is 0.0161. The van der Waals surface area contributed by atoms with Gasteiger partial charge in [-0.25, -0.2) is 0 Å². The Labute approximate surface area is 409 Å². The van der Waals surface area contributed by atoms with Crippen LogP contribution >= 0.6 is 58.0 Å². The summed E-state index contributed by atoms with van der Waals surface area (Å²) in [5.41, 5.74) is 3.51. The zero-order valence-electron chi connectivity index (χ0n) is 36.1. The van der Waals surface area contributed by atoms with E-state index in [1.54, 1.807) is 36.4 Å². The normalized spacial score (nSPS) is 12.0. The summed E-state index contributed by atoms with van der Waals surface area (Å²) in [6, 6.07) is 19.6. The Balaban J connectivity index is 1.27. The van der Waals surface area contributed by atoms with Gasteiger partial charge in [0.05, 0.1) is 36.0 Å². The van der Waals surface area contributed by atoms with Gasteiger partial charge < -0.3 is 30.7 Å². The first kappa shape index (κ1) is 51.6. The van der Waals surface area contributed by atoms with Crippen LogP contribution in [0.25, 0.3) is 0 Å². The maximum absolute atomic E-state index is 13.5. The second kappa shape index (κ2) is 24.4. The number of nitrogens with zero attached hydrogens (tertiary/aromatic N) is 4. The number of rotatable bonds is 20. The fourth-order valence-electron chi connectivity index (χ4n) is 6.18. The number of azo groups is 2. The van der Waals surface area contributed by atoms with Gasteiger partial charge in [-0.15, -0.1) is 34.8 Å². The number of ether oxygens (including phenoxy) is 2. The van der Waals surface area contributed by atoms with E-state index in [1.807, 2.05) is 0 Å². The number of methoxy groups -OCH3 is 2. The van der Waals surface area contributed by atoms with E-state index in [9.17, 15) is 28.8 Å². The van der Waals surface area contributed by atoms with Crippen LogP contribution in [0.15, 0.2) is 111 Å². The summed E-state index contributed by atoms with van der Waals surface area (Å²) in [6.07, 6.45) is 0.200. The van der Waals surface area contributed by atoms with Crippen molar-refractivity contribution in [2.75, 3.05) is 41.4 Å². The maximum atomic E-state index is 13.5. The third-order valence-electron chi connectivity index (χ3n) is 9.60. The lowest BCUT2D eigenvalue weighted by atomic mass is 10.1. The van der Waals surface area contributed by atoms with Crippen LogP contribution in [0, 0.1) is 0 Å². The van der Waals surface area contributed by atoms with Crippen molar-refractivity contribution in [1.82, 2.24) is 0 Å². The predicted octanol–water partition coefficient (Wildman–Crippen LogP) is 11.1. The van der Waals surface area contributed by atoms with E-state index < -0.39 is 47.3 Å². The van der Waals surface area contributed by atoms with Gasteiger partial charge in [-0.05, 0) is 117 Å². The summed E-state index contributed by atoms with van der Waals surface area (Å²) < 4.78 is 10.6. The number of aryl methyl sites for hydroxylation is 1. The Hall–Kier alpha value is -6.43. The summed E-state index contributed by atoms with van der Waals surface area (Å²) in [7, 11) is 3.02. The molecule has 0 bridgehead atoms. The molecule has 5 aromatic rings. The molecule has 0 fully saturated rings. The van der Waals surface area contributed by atoms with Crippen LogP contribution in [0.3, 0.4) is 0 Å². The van der Waals surface area contributed by atoms with Gasteiger partial charge >= 0.3 is 0 Å². The number of ketones is 2. The third kappa shape index (κ3) is 13.8. The van der Waals surface area contributed by atoms with Crippen LogP contribution in [-0.2, 0) is 37.4 Å². The number of hydrogen-bond acceptors (Lipinski definition) is 12. The lowest BCUT2D eigenvalue weighted by molar-refractivity contribution is -0.127. The van der Waals surface area contributed by atoms with E-state index in [4.69, 9.17) is 67.5 Å². The standard InChI is InChI=1S/C46H41Cl5N8O8/c1-24(60)41(58-56-37-20-27(5-10-34(37)50)43(62)52-32-8-13-39(66-3)29(18-32)22-48)45(64)54-31-7-12-36(26(17-31)15-16-47)55-46(65)42(25(2)61)59-57-38-21-28(6-11-35(38)51)44(63)53-33-9-14-40(67-4)30(19-33)23-49/h5-14,17-21,41-42H,15-16,22-23H2,1-4H3,(H,52,62)(H,53,63)(H,54,64)(H,55,65). The molecule has 4 amide bonds. The van der Waals surface area contributed by atoms with E-state index in [0.29, 0.717) is 39.6 Å². The molecule has 0 saturated heterocycles. The van der Waals surface area contributed by atoms with E-state index in [0.717, 1.165) is 13.8 Å². The molecule has 16 nitrogen and oxygen atoms in total. The molecule has 0 aliphatic rings. The van der Waals surface area contributed by atoms with Crippen molar-refractivity contribution in [2.24, 2.45) is 20.5 Å². The van der Waals surface area contributed by atoms with Gasteiger partial charge in [0, 0.05) is 50.9 Å². The van der Waals surface area contributed by atoms with Crippen molar-refractivity contribution in [2.45, 2.75) is 44.1 Å². The van der Waals surface area contributed by atoms with Crippen LogP contribution in [0.1, 0.15) is 51.3 Å². The van der Waals surface area contributed by atoms with Crippen molar-refractivity contribution >= 4 is 127 Å². The molecule has 0 radical (unpaired) electrons. The highest BCUT2D eigenvalue weighted by atomic mass is 35.5. The molecule has 0 spiro atoms.